The fourth-order valence-electron chi connectivity index (χ4n) is 1.19. The third-order valence-corrected chi connectivity index (χ3v) is 1.77. The van der Waals surface area contributed by atoms with Crippen molar-refractivity contribution in [3.8, 4) is 5.88 Å². The normalized spacial score (nSPS) is 10.5. The van der Waals surface area contributed by atoms with Gasteiger partial charge in [-0.15, -0.1) is 0 Å². The molecule has 0 radical (unpaired) electrons. The van der Waals surface area contributed by atoms with Gasteiger partial charge in [0.25, 0.3) is 0 Å². The number of hydrogen-bond donors (Lipinski definition) is 2. The van der Waals surface area contributed by atoms with Crippen molar-refractivity contribution in [1.82, 2.24) is 19.7 Å². The molecule has 0 saturated heterocycles. The fourth-order valence-corrected chi connectivity index (χ4v) is 1.19. The average molecular weight is 208 g/mol. The number of carbonyl (C=O) groups excluding carboxylic acids is 1. The largest absolute Gasteiger partial charge is 0.411 e. The summed E-state index contributed by atoms with van der Waals surface area (Å²) in [5.74, 6) is 0.000417. The van der Waals surface area contributed by atoms with Gasteiger partial charge in [-0.3, -0.25) is 4.68 Å². The minimum absolute atomic E-state index is 0.0117. The third-order valence-electron chi connectivity index (χ3n) is 1.77. The van der Waals surface area contributed by atoms with Crippen LogP contribution in [0.3, 0.4) is 0 Å². The van der Waals surface area contributed by atoms with E-state index in [2.05, 4.69) is 19.8 Å². The molecule has 0 unspecified atom stereocenters. The highest BCUT2D eigenvalue weighted by Gasteiger charge is 2.12. The first-order valence-corrected chi connectivity index (χ1v) is 4.00. The monoisotopic (exact) mass is 208 g/mol. The Balaban J connectivity index is 2.66. The number of anilines is 1. The van der Waals surface area contributed by atoms with Crippen molar-refractivity contribution < 1.29 is 9.53 Å². The molecule has 1 amide bonds. The molecule has 0 aliphatic heterocycles. The number of primary amides is 1. The summed E-state index contributed by atoms with van der Waals surface area (Å²) >= 11 is 0. The highest BCUT2D eigenvalue weighted by Crippen LogP contribution is 2.22. The van der Waals surface area contributed by atoms with Gasteiger partial charge < -0.3 is 16.2 Å². The molecule has 0 spiro atoms. The van der Waals surface area contributed by atoms with E-state index in [0.29, 0.717) is 11.0 Å². The molecule has 15 heavy (non-hydrogen) atoms. The summed E-state index contributed by atoms with van der Waals surface area (Å²) in [7, 11) is 1.68. The first kappa shape index (κ1) is 9.19. The Morgan fingerprint density at radius 1 is 1.53 bits per heavy atom. The van der Waals surface area contributed by atoms with Crippen molar-refractivity contribution in [3.05, 3.63) is 6.20 Å². The number of amides is 1. The first-order valence-electron chi connectivity index (χ1n) is 4.00. The Kier molecular flexibility index (Phi) is 1.89. The molecular weight excluding hydrogens is 200 g/mol. The SMILES string of the molecule is Cn1ncc2c(OC(N)=O)nc(N)nc21. The molecule has 2 aromatic heterocycles. The van der Waals surface area contributed by atoms with Crippen molar-refractivity contribution in [1.29, 1.82) is 0 Å². The zero-order valence-electron chi connectivity index (χ0n) is 7.84. The minimum atomic E-state index is -0.960. The van der Waals surface area contributed by atoms with E-state index in [1.807, 2.05) is 0 Å². The van der Waals surface area contributed by atoms with Gasteiger partial charge in [0.05, 0.1) is 6.20 Å². The number of aryl methyl sites for hydroxylation is 1. The zero-order valence-corrected chi connectivity index (χ0v) is 7.84. The number of ether oxygens (including phenoxy) is 1. The number of nitrogens with zero attached hydrogens (tertiary/aromatic N) is 4. The average Bonchev–Trinajstić information content (AvgIpc) is 2.47. The van der Waals surface area contributed by atoms with Crippen LogP contribution in [0.4, 0.5) is 10.7 Å². The van der Waals surface area contributed by atoms with Gasteiger partial charge in [0.1, 0.15) is 5.39 Å². The molecule has 0 bridgehead atoms. The second kappa shape index (κ2) is 3.08. The minimum Gasteiger partial charge on any atom is -0.390 e. The van der Waals surface area contributed by atoms with Gasteiger partial charge in [-0.05, 0) is 0 Å². The van der Waals surface area contributed by atoms with Crippen LogP contribution in [0.5, 0.6) is 5.88 Å². The molecule has 4 N–H and O–H groups in total. The van der Waals surface area contributed by atoms with E-state index in [1.54, 1.807) is 7.05 Å². The molecule has 0 saturated carbocycles. The van der Waals surface area contributed by atoms with Crippen molar-refractivity contribution in [2.45, 2.75) is 0 Å². The third kappa shape index (κ3) is 1.52. The Morgan fingerprint density at radius 3 is 2.93 bits per heavy atom. The Bertz CT molecular complexity index is 534. The smallest absolute Gasteiger partial charge is 0.390 e. The number of aromatic nitrogens is 4. The number of hydrogen-bond acceptors (Lipinski definition) is 6. The van der Waals surface area contributed by atoms with Gasteiger partial charge in [0, 0.05) is 7.05 Å². The molecule has 0 atom stereocenters. The highest BCUT2D eigenvalue weighted by molar-refractivity contribution is 5.83. The molecule has 2 heterocycles. The first-order chi connectivity index (χ1) is 7.08. The Labute approximate surface area is 83.8 Å². The summed E-state index contributed by atoms with van der Waals surface area (Å²) in [6.07, 6.45) is 0.505. The predicted molar refractivity (Wildman–Crippen MR) is 50.9 cm³/mol. The van der Waals surface area contributed by atoms with E-state index in [1.165, 1.54) is 10.9 Å². The maximum absolute atomic E-state index is 10.6. The molecule has 0 aromatic carbocycles. The summed E-state index contributed by atoms with van der Waals surface area (Å²) < 4.78 is 6.16. The maximum atomic E-state index is 10.6. The van der Waals surface area contributed by atoms with Gasteiger partial charge in [-0.1, -0.05) is 0 Å². The number of carbonyl (C=O) groups is 1. The summed E-state index contributed by atoms with van der Waals surface area (Å²) in [4.78, 5) is 18.3. The lowest BCUT2D eigenvalue weighted by molar-refractivity contribution is 0.209. The fraction of sp³-hybridized carbons (Fsp3) is 0.143. The predicted octanol–water partition coefficient (Wildman–Crippen LogP) is -0.597. The van der Waals surface area contributed by atoms with E-state index in [9.17, 15) is 4.79 Å². The van der Waals surface area contributed by atoms with Crippen molar-refractivity contribution in [2.24, 2.45) is 12.8 Å². The molecule has 2 rings (SSSR count). The topological polar surface area (TPSA) is 122 Å². The molecular formula is C7H8N6O2. The van der Waals surface area contributed by atoms with Crippen LogP contribution < -0.4 is 16.2 Å². The van der Waals surface area contributed by atoms with Crippen LogP contribution in [0.1, 0.15) is 0 Å². The van der Waals surface area contributed by atoms with Crippen molar-refractivity contribution in [3.63, 3.8) is 0 Å². The molecule has 8 heteroatoms. The second-order valence-corrected chi connectivity index (χ2v) is 2.81. The van der Waals surface area contributed by atoms with Crippen LogP contribution in [0.25, 0.3) is 11.0 Å². The van der Waals surface area contributed by atoms with E-state index in [4.69, 9.17) is 11.5 Å². The lowest BCUT2D eigenvalue weighted by Crippen LogP contribution is -2.17. The van der Waals surface area contributed by atoms with Gasteiger partial charge in [0.15, 0.2) is 5.65 Å². The maximum Gasteiger partial charge on any atom is 0.411 e. The van der Waals surface area contributed by atoms with Gasteiger partial charge in [-0.2, -0.15) is 15.1 Å². The van der Waals surface area contributed by atoms with Crippen LogP contribution in [0, 0.1) is 0 Å². The van der Waals surface area contributed by atoms with Gasteiger partial charge >= 0.3 is 6.09 Å². The zero-order chi connectivity index (χ0) is 11.0. The summed E-state index contributed by atoms with van der Waals surface area (Å²) in [6.45, 7) is 0. The highest BCUT2D eigenvalue weighted by atomic mass is 16.6. The summed E-state index contributed by atoms with van der Waals surface area (Å²) in [5.41, 5.74) is 10.8. The van der Waals surface area contributed by atoms with Crippen LogP contribution >= 0.6 is 0 Å². The quantitative estimate of drug-likeness (QED) is 0.645. The van der Waals surface area contributed by atoms with Crippen LogP contribution in [0.15, 0.2) is 6.20 Å². The van der Waals surface area contributed by atoms with Gasteiger partial charge in [-0.25, -0.2) is 4.79 Å². The molecule has 2 aromatic rings. The van der Waals surface area contributed by atoms with E-state index in [0.717, 1.165) is 0 Å². The summed E-state index contributed by atoms with van der Waals surface area (Å²) in [5, 5.41) is 4.41. The van der Waals surface area contributed by atoms with Crippen LogP contribution in [0.2, 0.25) is 0 Å². The van der Waals surface area contributed by atoms with E-state index in [-0.39, 0.29) is 11.8 Å². The second-order valence-electron chi connectivity index (χ2n) is 2.81. The number of rotatable bonds is 1. The standard InChI is InChI=1S/C7H8N6O2/c1-13-4-3(2-10-13)5(15-7(9)14)12-6(8)11-4/h2H,1H3,(H2,9,14)(H2,8,11,12). The molecule has 0 fully saturated rings. The molecule has 0 aliphatic carbocycles. The Hall–Kier alpha value is -2.38. The van der Waals surface area contributed by atoms with E-state index >= 15 is 0 Å². The number of fused-ring (bicyclic) bond motifs is 1. The van der Waals surface area contributed by atoms with Gasteiger partial charge in [0.2, 0.25) is 11.8 Å². The van der Waals surface area contributed by atoms with Crippen molar-refractivity contribution >= 4 is 23.1 Å². The van der Waals surface area contributed by atoms with E-state index < -0.39 is 6.09 Å². The number of nitrogen functional groups attached to an aromatic ring is 1. The molecule has 0 aliphatic rings. The summed E-state index contributed by atoms with van der Waals surface area (Å²) in [6, 6.07) is 0. The molecule has 78 valence electrons. The lowest BCUT2D eigenvalue weighted by Gasteiger charge is -2.01. The lowest BCUT2D eigenvalue weighted by atomic mass is 10.4. The Morgan fingerprint density at radius 2 is 2.27 bits per heavy atom. The number of nitrogens with two attached hydrogens (primary N) is 2. The van der Waals surface area contributed by atoms with Crippen LogP contribution in [-0.2, 0) is 7.05 Å². The van der Waals surface area contributed by atoms with Crippen LogP contribution in [-0.4, -0.2) is 25.8 Å². The van der Waals surface area contributed by atoms with Crippen molar-refractivity contribution in [2.75, 3.05) is 5.73 Å². The molecule has 8 nitrogen and oxygen atoms in total.